The summed E-state index contributed by atoms with van der Waals surface area (Å²) in [5, 5.41) is 11.1. The maximum absolute atomic E-state index is 12.7. The number of hydrogen-bond acceptors (Lipinski definition) is 6. The number of methoxy groups -OCH3 is 1. The molecule has 30 heavy (non-hydrogen) atoms. The fraction of sp³-hybridized carbons (Fsp3) is 0.250. The Bertz CT molecular complexity index is 1090. The lowest BCUT2D eigenvalue weighted by Crippen LogP contribution is -2.33. The molecular weight excluding hydrogens is 408 g/mol. The van der Waals surface area contributed by atoms with E-state index in [0.717, 1.165) is 22.6 Å². The van der Waals surface area contributed by atoms with Crippen LogP contribution >= 0.6 is 12.2 Å². The normalized spacial score (nSPS) is 15.3. The van der Waals surface area contributed by atoms with Gasteiger partial charge in [0.25, 0.3) is 11.6 Å². The highest BCUT2D eigenvalue weighted by atomic mass is 32.1. The highest BCUT2D eigenvalue weighted by molar-refractivity contribution is 7.80. The van der Waals surface area contributed by atoms with Crippen molar-refractivity contribution in [1.82, 2.24) is 14.4 Å². The number of rotatable bonds is 5. The number of carbonyl (C=O) groups is 2. The Morgan fingerprint density at radius 2 is 1.90 bits per heavy atom. The number of aromatic nitrogens is 1. The minimum Gasteiger partial charge on any atom is -0.468 e. The van der Waals surface area contributed by atoms with Crippen LogP contribution in [-0.4, -0.2) is 57.0 Å². The Morgan fingerprint density at radius 1 is 1.27 bits per heavy atom. The molecule has 1 aromatic carbocycles. The van der Waals surface area contributed by atoms with E-state index < -0.39 is 10.9 Å². The summed E-state index contributed by atoms with van der Waals surface area (Å²) in [5.74, 6) is -0.827. The van der Waals surface area contributed by atoms with Crippen molar-refractivity contribution in [3.63, 3.8) is 0 Å². The number of aryl methyl sites for hydroxylation is 1. The molecule has 10 heteroatoms. The number of hydrogen-bond donors (Lipinski definition) is 0. The minimum absolute atomic E-state index is 0.00936. The Labute approximate surface area is 178 Å². The average molecular weight is 428 g/mol. The number of ether oxygens (including phenoxy) is 1. The van der Waals surface area contributed by atoms with E-state index in [-0.39, 0.29) is 28.9 Å². The Hall–Kier alpha value is -3.53. The minimum atomic E-state index is -0.511. The highest BCUT2D eigenvalue weighted by Gasteiger charge is 2.37. The summed E-state index contributed by atoms with van der Waals surface area (Å²) in [5.41, 5.74) is 3.53. The van der Waals surface area contributed by atoms with E-state index in [1.807, 2.05) is 24.5 Å². The quantitative estimate of drug-likeness (QED) is 0.237. The fourth-order valence-corrected chi connectivity index (χ4v) is 3.59. The van der Waals surface area contributed by atoms with E-state index in [2.05, 4.69) is 0 Å². The third-order valence-corrected chi connectivity index (χ3v) is 5.42. The smallest absolute Gasteiger partial charge is 0.325 e. The molecule has 0 atom stereocenters. The molecule has 1 aromatic heterocycles. The van der Waals surface area contributed by atoms with Gasteiger partial charge in [-0.2, -0.15) is 0 Å². The van der Waals surface area contributed by atoms with Gasteiger partial charge in [0.15, 0.2) is 5.11 Å². The number of carbonyl (C=O) groups excluding carboxylic acids is 2. The van der Waals surface area contributed by atoms with Crippen LogP contribution in [0.3, 0.4) is 0 Å². The lowest BCUT2D eigenvalue weighted by molar-refractivity contribution is -0.384. The van der Waals surface area contributed by atoms with E-state index in [4.69, 9.17) is 17.0 Å². The van der Waals surface area contributed by atoms with Crippen molar-refractivity contribution in [2.45, 2.75) is 13.8 Å². The van der Waals surface area contributed by atoms with Crippen LogP contribution in [0, 0.1) is 24.0 Å². The Morgan fingerprint density at radius 3 is 2.47 bits per heavy atom. The largest absolute Gasteiger partial charge is 0.468 e. The van der Waals surface area contributed by atoms with Gasteiger partial charge in [-0.25, -0.2) is 0 Å². The summed E-state index contributed by atoms with van der Waals surface area (Å²) in [6.07, 6.45) is 1.69. The monoisotopic (exact) mass is 428 g/mol. The third-order valence-electron chi connectivity index (χ3n) is 4.93. The average Bonchev–Trinajstić information content (AvgIpc) is 3.10. The van der Waals surface area contributed by atoms with Gasteiger partial charge in [-0.1, -0.05) is 0 Å². The Kier molecular flexibility index (Phi) is 5.70. The van der Waals surface area contributed by atoms with E-state index in [0.29, 0.717) is 0 Å². The van der Waals surface area contributed by atoms with E-state index in [1.54, 1.807) is 25.3 Å². The molecule has 0 spiro atoms. The molecule has 156 valence electrons. The number of nitro groups is 1. The van der Waals surface area contributed by atoms with Crippen LogP contribution in [0.15, 0.2) is 36.0 Å². The summed E-state index contributed by atoms with van der Waals surface area (Å²) in [6.45, 7) is 3.61. The summed E-state index contributed by atoms with van der Waals surface area (Å²) in [7, 11) is 2.82. The van der Waals surface area contributed by atoms with Crippen LogP contribution in [0.1, 0.15) is 17.0 Å². The number of amides is 1. The van der Waals surface area contributed by atoms with Crippen molar-refractivity contribution in [3.8, 4) is 5.69 Å². The summed E-state index contributed by atoms with van der Waals surface area (Å²) >= 11 is 5.30. The fourth-order valence-electron chi connectivity index (χ4n) is 3.35. The first kappa shape index (κ1) is 21.2. The van der Waals surface area contributed by atoms with E-state index in [1.165, 1.54) is 29.0 Å². The van der Waals surface area contributed by atoms with Crippen LogP contribution in [0.4, 0.5) is 5.69 Å². The van der Waals surface area contributed by atoms with Crippen LogP contribution < -0.4 is 0 Å². The number of thiocarbonyl (C=S) groups is 1. The van der Waals surface area contributed by atoms with Gasteiger partial charge >= 0.3 is 5.97 Å². The number of likely N-dealkylation sites (N-methyl/N-ethyl adjacent to an activating group) is 1. The molecule has 0 bridgehead atoms. The number of esters is 1. The second-order valence-corrected chi connectivity index (χ2v) is 7.14. The molecule has 1 aliphatic heterocycles. The van der Waals surface area contributed by atoms with Crippen LogP contribution in [0.25, 0.3) is 11.8 Å². The molecule has 9 nitrogen and oxygen atoms in total. The molecule has 1 amide bonds. The van der Waals surface area contributed by atoms with Gasteiger partial charge in [0.1, 0.15) is 12.2 Å². The Balaban J connectivity index is 2.03. The predicted octanol–water partition coefficient (Wildman–Crippen LogP) is 2.58. The first-order valence-corrected chi connectivity index (χ1v) is 9.38. The lowest BCUT2D eigenvalue weighted by atomic mass is 10.2. The van der Waals surface area contributed by atoms with Crippen molar-refractivity contribution in [3.05, 3.63) is 63.1 Å². The van der Waals surface area contributed by atoms with Crippen molar-refractivity contribution < 1.29 is 19.2 Å². The molecular formula is C20H20N4O5S. The molecule has 0 saturated carbocycles. The zero-order valence-corrected chi connectivity index (χ0v) is 17.7. The first-order chi connectivity index (χ1) is 14.1. The molecule has 0 aliphatic carbocycles. The van der Waals surface area contributed by atoms with Gasteiger partial charge < -0.3 is 14.2 Å². The van der Waals surface area contributed by atoms with Crippen molar-refractivity contribution in [2.24, 2.45) is 0 Å². The van der Waals surface area contributed by atoms with Gasteiger partial charge in [0, 0.05) is 36.3 Å². The van der Waals surface area contributed by atoms with E-state index in [9.17, 15) is 19.7 Å². The van der Waals surface area contributed by atoms with Crippen molar-refractivity contribution in [2.75, 3.05) is 20.7 Å². The lowest BCUT2D eigenvalue weighted by Gasteiger charge is -2.16. The van der Waals surface area contributed by atoms with Gasteiger partial charge in [-0.3, -0.25) is 24.6 Å². The number of non-ortho nitro benzene ring substituents is 1. The predicted molar refractivity (Wildman–Crippen MR) is 114 cm³/mol. The highest BCUT2D eigenvalue weighted by Crippen LogP contribution is 2.27. The second kappa shape index (κ2) is 8.07. The summed E-state index contributed by atoms with van der Waals surface area (Å²) in [6, 6.07) is 8.12. The molecule has 2 heterocycles. The van der Waals surface area contributed by atoms with E-state index >= 15 is 0 Å². The standard InChI is InChI=1S/C20H20N4O5S/c1-12-9-14(13(2)23(12)15-5-7-16(8-6-15)24(27)28)10-17-19(26)21(3)20(30)22(17)11-18(25)29-4/h5-10H,11H2,1-4H3/b17-10-. The second-order valence-electron chi connectivity index (χ2n) is 6.77. The first-order valence-electron chi connectivity index (χ1n) is 8.97. The molecule has 1 saturated heterocycles. The van der Waals surface area contributed by atoms with Gasteiger partial charge in [-0.05, 0) is 55.9 Å². The summed E-state index contributed by atoms with van der Waals surface area (Å²) < 4.78 is 6.64. The zero-order valence-electron chi connectivity index (χ0n) is 16.9. The number of nitrogens with zero attached hydrogens (tertiary/aromatic N) is 4. The SMILES string of the molecule is COC(=O)CN1C(=S)N(C)C(=O)/C1=C/c1cc(C)n(-c2ccc([N+](=O)[O-])cc2)c1C. The number of benzene rings is 1. The topological polar surface area (TPSA) is 97.9 Å². The van der Waals surface area contributed by atoms with Crippen molar-refractivity contribution >= 4 is 41.0 Å². The molecule has 3 rings (SSSR count). The molecule has 1 aliphatic rings. The van der Waals surface area contributed by atoms with Crippen LogP contribution in [0.2, 0.25) is 0 Å². The van der Waals surface area contributed by atoms with Gasteiger partial charge in [0.05, 0.1) is 12.0 Å². The molecule has 0 radical (unpaired) electrons. The van der Waals surface area contributed by atoms with Crippen molar-refractivity contribution in [1.29, 1.82) is 0 Å². The van der Waals surface area contributed by atoms with Crippen LogP contribution in [0.5, 0.6) is 0 Å². The zero-order chi connectivity index (χ0) is 22.2. The van der Waals surface area contributed by atoms with Crippen LogP contribution in [-0.2, 0) is 14.3 Å². The molecule has 0 N–H and O–H groups in total. The molecule has 2 aromatic rings. The van der Waals surface area contributed by atoms with Gasteiger partial charge in [-0.15, -0.1) is 0 Å². The molecule has 0 unspecified atom stereocenters. The number of nitro benzene ring substituents is 1. The maximum Gasteiger partial charge on any atom is 0.325 e. The van der Waals surface area contributed by atoms with Gasteiger partial charge in [0.2, 0.25) is 0 Å². The third kappa shape index (κ3) is 3.69. The maximum atomic E-state index is 12.7. The molecule has 1 fully saturated rings. The summed E-state index contributed by atoms with van der Waals surface area (Å²) in [4.78, 5) is 37.7.